The van der Waals surface area contributed by atoms with E-state index in [2.05, 4.69) is 29.2 Å². The summed E-state index contributed by atoms with van der Waals surface area (Å²) >= 11 is 0. The van der Waals surface area contributed by atoms with E-state index in [1.807, 2.05) is 7.05 Å². The first-order valence-electron chi connectivity index (χ1n) is 6.27. The Morgan fingerprint density at radius 2 is 1.87 bits per heavy atom. The van der Waals surface area contributed by atoms with Gasteiger partial charge < -0.3 is 15.1 Å². The molecule has 1 N–H and O–H groups in total. The molecule has 1 rings (SSSR count). The Hall–Kier alpha value is -0.120. The predicted octanol–water partition coefficient (Wildman–Crippen LogP) is 1.01. The van der Waals surface area contributed by atoms with Crippen LogP contribution in [0.15, 0.2) is 0 Å². The minimum atomic E-state index is 0.818. The van der Waals surface area contributed by atoms with Crippen LogP contribution < -0.4 is 5.32 Å². The SMILES string of the molecule is CNCCCCN1CCC(N(C)C)CC1. The minimum absolute atomic E-state index is 0.818. The van der Waals surface area contributed by atoms with Crippen LogP contribution in [0.3, 0.4) is 0 Å². The first-order chi connectivity index (χ1) is 7.24. The highest BCUT2D eigenvalue weighted by molar-refractivity contribution is 4.76. The molecule has 3 nitrogen and oxygen atoms in total. The van der Waals surface area contributed by atoms with E-state index in [-0.39, 0.29) is 0 Å². The molecule has 1 heterocycles. The maximum atomic E-state index is 3.20. The topological polar surface area (TPSA) is 18.5 Å². The van der Waals surface area contributed by atoms with Crippen LogP contribution in [-0.2, 0) is 0 Å². The molecule has 0 unspecified atom stereocenters. The van der Waals surface area contributed by atoms with Crippen LogP contribution in [0.25, 0.3) is 0 Å². The molecule has 0 spiro atoms. The fourth-order valence-corrected chi connectivity index (χ4v) is 2.30. The van der Waals surface area contributed by atoms with E-state index < -0.39 is 0 Å². The molecule has 0 amide bonds. The van der Waals surface area contributed by atoms with Crippen LogP contribution >= 0.6 is 0 Å². The zero-order chi connectivity index (χ0) is 11.1. The van der Waals surface area contributed by atoms with Gasteiger partial charge in [-0.3, -0.25) is 0 Å². The Morgan fingerprint density at radius 3 is 2.40 bits per heavy atom. The van der Waals surface area contributed by atoms with Crippen LogP contribution in [0.1, 0.15) is 25.7 Å². The normalized spacial score (nSPS) is 20.0. The molecule has 1 fully saturated rings. The Labute approximate surface area is 94.8 Å². The molecule has 0 aromatic carbocycles. The lowest BCUT2D eigenvalue weighted by atomic mass is 10.0. The smallest absolute Gasteiger partial charge is 0.0113 e. The van der Waals surface area contributed by atoms with Crippen molar-refractivity contribution in [1.29, 1.82) is 0 Å². The van der Waals surface area contributed by atoms with Gasteiger partial charge in [-0.1, -0.05) is 0 Å². The Bertz CT molecular complexity index is 151. The number of nitrogens with zero attached hydrogens (tertiary/aromatic N) is 2. The monoisotopic (exact) mass is 213 g/mol. The molecule has 0 bridgehead atoms. The van der Waals surface area contributed by atoms with Crippen molar-refractivity contribution in [1.82, 2.24) is 15.1 Å². The summed E-state index contributed by atoms with van der Waals surface area (Å²) in [6.45, 7) is 5.04. The Morgan fingerprint density at radius 1 is 1.20 bits per heavy atom. The van der Waals surface area contributed by atoms with E-state index in [4.69, 9.17) is 0 Å². The first kappa shape index (κ1) is 12.9. The molecule has 15 heavy (non-hydrogen) atoms. The van der Waals surface area contributed by atoms with E-state index in [1.165, 1.54) is 45.3 Å². The summed E-state index contributed by atoms with van der Waals surface area (Å²) in [7, 11) is 6.43. The van der Waals surface area contributed by atoms with Gasteiger partial charge in [-0.25, -0.2) is 0 Å². The molecule has 0 aromatic rings. The van der Waals surface area contributed by atoms with Crippen LogP contribution in [0.2, 0.25) is 0 Å². The van der Waals surface area contributed by atoms with Gasteiger partial charge in [-0.15, -0.1) is 0 Å². The van der Waals surface area contributed by atoms with Crippen molar-refractivity contribution in [2.45, 2.75) is 31.7 Å². The molecule has 1 saturated heterocycles. The van der Waals surface area contributed by atoms with Gasteiger partial charge in [0.15, 0.2) is 0 Å². The van der Waals surface area contributed by atoms with E-state index in [0.717, 1.165) is 12.6 Å². The highest BCUT2D eigenvalue weighted by atomic mass is 15.2. The average molecular weight is 213 g/mol. The second kappa shape index (κ2) is 7.20. The van der Waals surface area contributed by atoms with Gasteiger partial charge >= 0.3 is 0 Å². The molecule has 0 atom stereocenters. The van der Waals surface area contributed by atoms with E-state index >= 15 is 0 Å². The second-order valence-corrected chi connectivity index (χ2v) is 4.85. The third-order valence-electron chi connectivity index (χ3n) is 3.44. The maximum absolute atomic E-state index is 3.20. The first-order valence-corrected chi connectivity index (χ1v) is 6.27. The summed E-state index contributed by atoms with van der Waals surface area (Å²) in [6.07, 6.45) is 5.34. The zero-order valence-electron chi connectivity index (χ0n) is 10.6. The molecule has 1 aliphatic rings. The van der Waals surface area contributed by atoms with Crippen molar-refractivity contribution in [2.24, 2.45) is 0 Å². The lowest BCUT2D eigenvalue weighted by molar-refractivity contribution is 0.143. The molecular weight excluding hydrogens is 186 g/mol. The van der Waals surface area contributed by atoms with Crippen molar-refractivity contribution in [3.05, 3.63) is 0 Å². The second-order valence-electron chi connectivity index (χ2n) is 4.85. The van der Waals surface area contributed by atoms with Crippen molar-refractivity contribution in [3.8, 4) is 0 Å². The summed E-state index contributed by atoms with van der Waals surface area (Å²) in [6, 6.07) is 0.818. The molecule has 0 saturated carbocycles. The molecule has 0 radical (unpaired) electrons. The van der Waals surface area contributed by atoms with Gasteiger partial charge in [-0.2, -0.15) is 0 Å². The lowest BCUT2D eigenvalue weighted by Gasteiger charge is -2.35. The van der Waals surface area contributed by atoms with Crippen molar-refractivity contribution in [2.75, 3.05) is 47.3 Å². The molecule has 1 aliphatic heterocycles. The van der Waals surface area contributed by atoms with Gasteiger partial charge in [0.2, 0.25) is 0 Å². The quantitative estimate of drug-likeness (QED) is 0.664. The van der Waals surface area contributed by atoms with E-state index in [0.29, 0.717) is 0 Å². The minimum Gasteiger partial charge on any atom is -0.320 e. The largest absolute Gasteiger partial charge is 0.320 e. The predicted molar refractivity (Wildman–Crippen MR) is 66.3 cm³/mol. The maximum Gasteiger partial charge on any atom is 0.0113 e. The van der Waals surface area contributed by atoms with Gasteiger partial charge in [0.1, 0.15) is 0 Å². The number of unbranched alkanes of at least 4 members (excludes halogenated alkanes) is 1. The highest BCUT2D eigenvalue weighted by Gasteiger charge is 2.19. The van der Waals surface area contributed by atoms with Crippen LogP contribution in [0.4, 0.5) is 0 Å². The Balaban J connectivity index is 2.04. The number of hydrogen-bond donors (Lipinski definition) is 1. The molecular formula is C12H27N3. The summed E-state index contributed by atoms with van der Waals surface area (Å²) < 4.78 is 0. The number of piperidine rings is 1. The van der Waals surface area contributed by atoms with E-state index in [1.54, 1.807) is 0 Å². The van der Waals surface area contributed by atoms with Crippen molar-refractivity contribution < 1.29 is 0 Å². The summed E-state index contributed by atoms with van der Waals surface area (Å²) in [5.74, 6) is 0. The summed E-state index contributed by atoms with van der Waals surface area (Å²) in [5, 5.41) is 3.20. The lowest BCUT2D eigenvalue weighted by Crippen LogP contribution is -2.42. The third-order valence-corrected chi connectivity index (χ3v) is 3.44. The van der Waals surface area contributed by atoms with Crippen molar-refractivity contribution in [3.63, 3.8) is 0 Å². The standard InChI is InChI=1S/C12H27N3/c1-13-8-4-5-9-15-10-6-12(7-11-15)14(2)3/h12-13H,4-11H2,1-3H3. The fraction of sp³-hybridized carbons (Fsp3) is 1.00. The van der Waals surface area contributed by atoms with Crippen LogP contribution in [0.5, 0.6) is 0 Å². The molecule has 0 aliphatic carbocycles. The summed E-state index contributed by atoms with van der Waals surface area (Å²) in [5.41, 5.74) is 0. The van der Waals surface area contributed by atoms with E-state index in [9.17, 15) is 0 Å². The van der Waals surface area contributed by atoms with Gasteiger partial charge in [0, 0.05) is 6.04 Å². The average Bonchev–Trinajstić information content (AvgIpc) is 2.25. The number of rotatable bonds is 6. The molecule has 3 heteroatoms. The molecule has 90 valence electrons. The van der Waals surface area contributed by atoms with Crippen molar-refractivity contribution >= 4 is 0 Å². The number of hydrogen-bond acceptors (Lipinski definition) is 3. The summed E-state index contributed by atoms with van der Waals surface area (Å²) in [4.78, 5) is 4.99. The fourth-order valence-electron chi connectivity index (χ4n) is 2.30. The Kier molecular flexibility index (Phi) is 6.22. The molecule has 0 aromatic heterocycles. The third kappa shape index (κ3) is 4.96. The highest BCUT2D eigenvalue weighted by Crippen LogP contribution is 2.14. The van der Waals surface area contributed by atoms with Gasteiger partial charge in [-0.05, 0) is 73.0 Å². The number of nitrogens with one attached hydrogen (secondary N) is 1. The zero-order valence-corrected chi connectivity index (χ0v) is 10.6. The number of likely N-dealkylation sites (tertiary alicyclic amines) is 1. The van der Waals surface area contributed by atoms with Gasteiger partial charge in [0.05, 0.1) is 0 Å². The van der Waals surface area contributed by atoms with Crippen LogP contribution in [0, 0.1) is 0 Å². The van der Waals surface area contributed by atoms with Crippen LogP contribution in [-0.4, -0.2) is 63.2 Å². The van der Waals surface area contributed by atoms with Gasteiger partial charge in [0.25, 0.3) is 0 Å².